The van der Waals surface area contributed by atoms with Crippen LogP contribution in [0.3, 0.4) is 0 Å². The molecule has 1 unspecified atom stereocenters. The normalized spacial score (nSPS) is 19.3. The van der Waals surface area contributed by atoms with Crippen molar-refractivity contribution in [1.29, 1.82) is 0 Å². The van der Waals surface area contributed by atoms with Crippen LogP contribution in [-0.2, 0) is 6.54 Å². The molecule has 0 amide bonds. The van der Waals surface area contributed by atoms with Crippen LogP contribution in [0.5, 0.6) is 5.75 Å². The predicted molar refractivity (Wildman–Crippen MR) is 94.3 cm³/mol. The van der Waals surface area contributed by atoms with Crippen LogP contribution >= 0.6 is 0 Å². The van der Waals surface area contributed by atoms with E-state index in [4.69, 9.17) is 10.5 Å². The highest BCUT2D eigenvalue weighted by Crippen LogP contribution is 2.13. The number of nitrogens with two attached hydrogens (primary N) is 1. The summed E-state index contributed by atoms with van der Waals surface area (Å²) in [5.74, 6) is 0.792. The number of nitrogens with one attached hydrogen (secondary N) is 2. The summed E-state index contributed by atoms with van der Waals surface area (Å²) in [5.41, 5.74) is 7.45. The first kappa shape index (κ1) is 16.0. The molecule has 0 bridgehead atoms. The van der Waals surface area contributed by atoms with Gasteiger partial charge in [0.15, 0.2) is 5.79 Å². The zero-order chi connectivity index (χ0) is 16.7. The Hall–Kier alpha value is -2.86. The number of aromatic nitrogens is 1. The molecule has 124 valence electrons. The van der Waals surface area contributed by atoms with Crippen LogP contribution in [0.25, 0.3) is 0 Å². The number of hydrogen-bond acceptors (Lipinski definition) is 6. The highest BCUT2D eigenvalue weighted by molar-refractivity contribution is 5.73. The molecule has 0 spiro atoms. The molecule has 0 fully saturated rings. The van der Waals surface area contributed by atoms with Crippen molar-refractivity contribution in [3.8, 4) is 5.75 Å². The van der Waals surface area contributed by atoms with Crippen LogP contribution in [0.2, 0.25) is 0 Å². The minimum atomic E-state index is -0.871. The van der Waals surface area contributed by atoms with Gasteiger partial charge in [0.1, 0.15) is 11.6 Å². The molecule has 4 N–H and O–H groups in total. The van der Waals surface area contributed by atoms with Crippen LogP contribution in [0.15, 0.2) is 71.7 Å². The van der Waals surface area contributed by atoms with E-state index in [1.165, 1.54) is 0 Å². The van der Waals surface area contributed by atoms with Gasteiger partial charge < -0.3 is 15.4 Å². The molecule has 24 heavy (non-hydrogen) atoms. The first-order valence-corrected chi connectivity index (χ1v) is 7.87. The number of allylic oxidation sites excluding steroid dienone is 1. The number of ether oxygens (including phenoxy) is 1. The van der Waals surface area contributed by atoms with Crippen molar-refractivity contribution in [2.75, 3.05) is 6.61 Å². The molecule has 0 aliphatic carbocycles. The third kappa shape index (κ3) is 4.57. The fraction of sp³-hybridized carbons (Fsp3) is 0.222. The molecule has 1 aliphatic heterocycles. The van der Waals surface area contributed by atoms with Gasteiger partial charge in [-0.15, -0.1) is 0 Å². The van der Waals surface area contributed by atoms with Crippen molar-refractivity contribution in [2.24, 2.45) is 10.7 Å². The highest BCUT2D eigenvalue weighted by Gasteiger charge is 2.25. The molecule has 1 aromatic carbocycles. The van der Waals surface area contributed by atoms with E-state index in [0.29, 0.717) is 19.6 Å². The van der Waals surface area contributed by atoms with Gasteiger partial charge in [-0.05, 0) is 35.9 Å². The Morgan fingerprint density at radius 1 is 1.12 bits per heavy atom. The van der Waals surface area contributed by atoms with E-state index in [-0.39, 0.29) is 0 Å². The average Bonchev–Trinajstić information content (AvgIpc) is 2.62. The van der Waals surface area contributed by atoms with E-state index in [1.807, 2.05) is 48.5 Å². The minimum Gasteiger partial charge on any atom is -0.493 e. The molecule has 6 heteroatoms. The molecular formula is C18H21N5O. The monoisotopic (exact) mass is 323 g/mol. The maximum absolute atomic E-state index is 6.30. The van der Waals surface area contributed by atoms with Crippen LogP contribution in [0, 0.1) is 0 Å². The lowest BCUT2D eigenvalue weighted by Gasteiger charge is -2.31. The second-order valence-corrected chi connectivity index (χ2v) is 5.53. The number of pyridine rings is 1. The van der Waals surface area contributed by atoms with E-state index in [9.17, 15) is 0 Å². The van der Waals surface area contributed by atoms with Gasteiger partial charge in [0, 0.05) is 31.6 Å². The van der Waals surface area contributed by atoms with Gasteiger partial charge in [-0.3, -0.25) is 15.7 Å². The fourth-order valence-corrected chi connectivity index (χ4v) is 2.32. The quantitative estimate of drug-likeness (QED) is 0.723. The first-order valence-electron chi connectivity index (χ1n) is 7.87. The Labute approximate surface area is 141 Å². The number of hydrogen-bond donors (Lipinski definition) is 3. The van der Waals surface area contributed by atoms with Crippen molar-refractivity contribution >= 4 is 6.21 Å². The summed E-state index contributed by atoms with van der Waals surface area (Å²) in [4.78, 5) is 8.34. The van der Waals surface area contributed by atoms with Crippen LogP contribution in [-0.4, -0.2) is 23.6 Å². The van der Waals surface area contributed by atoms with Gasteiger partial charge in [0.2, 0.25) is 0 Å². The van der Waals surface area contributed by atoms with E-state index in [2.05, 4.69) is 20.6 Å². The lowest BCUT2D eigenvalue weighted by molar-refractivity contribution is 0.239. The number of aliphatic imine (C=N–C) groups is 1. The molecule has 6 nitrogen and oxygen atoms in total. The van der Waals surface area contributed by atoms with Gasteiger partial charge in [0.05, 0.1) is 6.61 Å². The molecule has 1 aliphatic rings. The van der Waals surface area contributed by atoms with Gasteiger partial charge in [-0.2, -0.15) is 0 Å². The Balaban J connectivity index is 1.48. The van der Waals surface area contributed by atoms with Crippen LogP contribution in [0.4, 0.5) is 0 Å². The molecule has 3 rings (SSSR count). The van der Waals surface area contributed by atoms with E-state index >= 15 is 0 Å². The number of benzene rings is 1. The lowest BCUT2D eigenvalue weighted by atomic mass is 10.2. The van der Waals surface area contributed by atoms with Gasteiger partial charge in [0.25, 0.3) is 0 Å². The fourth-order valence-electron chi connectivity index (χ4n) is 2.32. The average molecular weight is 323 g/mol. The zero-order valence-corrected chi connectivity index (χ0v) is 13.4. The second-order valence-electron chi connectivity index (χ2n) is 5.53. The maximum Gasteiger partial charge on any atom is 0.186 e. The Bertz CT molecular complexity index is 702. The summed E-state index contributed by atoms with van der Waals surface area (Å²) >= 11 is 0. The molecule has 0 radical (unpaired) electrons. The predicted octanol–water partition coefficient (Wildman–Crippen LogP) is 1.77. The third-order valence-corrected chi connectivity index (χ3v) is 3.62. The summed E-state index contributed by atoms with van der Waals surface area (Å²) in [5, 5.41) is 6.53. The molecule has 1 aromatic heterocycles. The Kier molecular flexibility index (Phi) is 5.08. The third-order valence-electron chi connectivity index (χ3n) is 3.62. The summed E-state index contributed by atoms with van der Waals surface area (Å²) < 4.78 is 5.70. The largest absolute Gasteiger partial charge is 0.493 e. The minimum absolute atomic E-state index is 0.475. The summed E-state index contributed by atoms with van der Waals surface area (Å²) in [6, 6.07) is 13.6. The maximum atomic E-state index is 6.30. The number of rotatable bonds is 7. The zero-order valence-electron chi connectivity index (χ0n) is 13.4. The van der Waals surface area contributed by atoms with Crippen LogP contribution < -0.4 is 21.1 Å². The van der Waals surface area contributed by atoms with E-state index < -0.39 is 5.79 Å². The number of nitrogens with zero attached hydrogens (tertiary/aromatic N) is 2. The molecule has 0 saturated carbocycles. The molecular weight excluding hydrogens is 302 g/mol. The van der Waals surface area contributed by atoms with Gasteiger partial charge in [-0.25, -0.2) is 0 Å². The molecule has 1 atom stereocenters. The Morgan fingerprint density at radius 2 is 1.92 bits per heavy atom. The lowest BCUT2D eigenvalue weighted by Crippen LogP contribution is -2.55. The van der Waals surface area contributed by atoms with Crippen molar-refractivity contribution in [2.45, 2.75) is 18.8 Å². The summed E-state index contributed by atoms with van der Waals surface area (Å²) in [6.07, 6.45) is 7.68. The standard InChI is InChI=1S/C18H21N5O/c19-18(9-13-24-16-4-2-1-3-5-16)22-12-8-17(23-18)21-14-15-6-10-20-11-7-15/h1-8,10-12,21,23H,9,13-14,19H2. The molecule has 2 aromatic rings. The second kappa shape index (κ2) is 7.61. The summed E-state index contributed by atoms with van der Waals surface area (Å²) in [7, 11) is 0. The van der Waals surface area contributed by atoms with Gasteiger partial charge >= 0.3 is 0 Å². The Morgan fingerprint density at radius 3 is 2.71 bits per heavy atom. The number of para-hydroxylation sites is 1. The summed E-state index contributed by atoms with van der Waals surface area (Å²) in [6.45, 7) is 1.16. The molecule has 0 saturated heterocycles. The topological polar surface area (TPSA) is 84.6 Å². The van der Waals surface area contributed by atoms with Gasteiger partial charge in [-0.1, -0.05) is 18.2 Å². The van der Waals surface area contributed by atoms with Crippen molar-refractivity contribution < 1.29 is 4.74 Å². The van der Waals surface area contributed by atoms with Crippen molar-refractivity contribution in [1.82, 2.24) is 15.6 Å². The highest BCUT2D eigenvalue weighted by atomic mass is 16.5. The molecule has 2 heterocycles. The van der Waals surface area contributed by atoms with Crippen LogP contribution in [0.1, 0.15) is 12.0 Å². The van der Waals surface area contributed by atoms with E-state index in [0.717, 1.165) is 17.1 Å². The van der Waals surface area contributed by atoms with E-state index in [1.54, 1.807) is 18.6 Å². The van der Waals surface area contributed by atoms with Crippen molar-refractivity contribution in [3.63, 3.8) is 0 Å². The smallest absolute Gasteiger partial charge is 0.186 e. The SMILES string of the molecule is NC1(CCOc2ccccc2)N=CC=C(NCc2ccncc2)N1. The first-order chi connectivity index (χ1) is 11.7. The van der Waals surface area contributed by atoms with Crippen molar-refractivity contribution in [3.05, 3.63) is 72.3 Å².